The Labute approximate surface area is 109 Å². The zero-order valence-corrected chi connectivity index (χ0v) is 11.9. The third-order valence-electron chi connectivity index (χ3n) is 4.02. The van der Waals surface area contributed by atoms with Gasteiger partial charge in [0, 0.05) is 19.1 Å². The molecule has 0 N–H and O–H groups in total. The van der Waals surface area contributed by atoms with E-state index in [-0.39, 0.29) is 23.3 Å². The summed E-state index contributed by atoms with van der Waals surface area (Å²) in [5.41, 5.74) is 0. The minimum Gasteiger partial charge on any atom is -0.341 e. The second-order valence-electron chi connectivity index (χ2n) is 5.64. The maximum Gasteiger partial charge on any atom is 0.226 e. The first-order valence-corrected chi connectivity index (χ1v) is 8.37. The van der Waals surface area contributed by atoms with Crippen LogP contribution in [-0.4, -0.2) is 68.9 Å². The molecule has 0 aliphatic carbocycles. The van der Waals surface area contributed by atoms with Crippen LogP contribution >= 0.6 is 0 Å². The van der Waals surface area contributed by atoms with Crippen LogP contribution in [0.3, 0.4) is 0 Å². The summed E-state index contributed by atoms with van der Waals surface area (Å²) in [6, 6.07) is 0.403. The summed E-state index contributed by atoms with van der Waals surface area (Å²) in [5.74, 6) is -0.0258. The van der Waals surface area contributed by atoms with Crippen LogP contribution < -0.4 is 0 Å². The van der Waals surface area contributed by atoms with Gasteiger partial charge >= 0.3 is 0 Å². The molecule has 2 unspecified atom stereocenters. The highest BCUT2D eigenvalue weighted by molar-refractivity contribution is 7.91. The molecule has 6 heteroatoms. The predicted molar refractivity (Wildman–Crippen MR) is 70.0 cm³/mol. The van der Waals surface area contributed by atoms with Gasteiger partial charge in [0.1, 0.15) is 0 Å². The first-order chi connectivity index (χ1) is 8.39. The van der Waals surface area contributed by atoms with Crippen molar-refractivity contribution in [2.75, 3.05) is 38.7 Å². The van der Waals surface area contributed by atoms with Gasteiger partial charge in [-0.25, -0.2) is 8.42 Å². The van der Waals surface area contributed by atoms with Crippen LogP contribution in [0.4, 0.5) is 0 Å². The number of likely N-dealkylation sites (tertiary alicyclic amines) is 1. The van der Waals surface area contributed by atoms with Gasteiger partial charge in [-0.3, -0.25) is 4.79 Å². The minimum absolute atomic E-state index is 0.0441. The van der Waals surface area contributed by atoms with Gasteiger partial charge < -0.3 is 9.80 Å². The SMILES string of the molecule is CN(C)C1CCCN(C(=O)C2CCS(=O)(=O)C2)C1. The molecule has 1 amide bonds. The van der Waals surface area contributed by atoms with Gasteiger partial charge in [-0.15, -0.1) is 0 Å². The molecule has 0 bridgehead atoms. The molecule has 0 saturated carbocycles. The van der Waals surface area contributed by atoms with Crippen molar-refractivity contribution in [3.8, 4) is 0 Å². The number of hydrogen-bond donors (Lipinski definition) is 0. The van der Waals surface area contributed by atoms with E-state index < -0.39 is 9.84 Å². The number of rotatable bonds is 2. The molecular formula is C12H22N2O3S. The summed E-state index contributed by atoms with van der Waals surface area (Å²) >= 11 is 0. The number of carbonyl (C=O) groups excluding carboxylic acids is 1. The lowest BCUT2D eigenvalue weighted by Crippen LogP contribution is -2.49. The molecule has 0 aromatic rings. The second kappa shape index (κ2) is 5.17. The second-order valence-corrected chi connectivity index (χ2v) is 7.87. The maximum absolute atomic E-state index is 12.3. The van der Waals surface area contributed by atoms with E-state index in [1.165, 1.54) is 0 Å². The maximum atomic E-state index is 12.3. The highest BCUT2D eigenvalue weighted by atomic mass is 32.2. The van der Waals surface area contributed by atoms with Crippen molar-refractivity contribution in [3.05, 3.63) is 0 Å². The number of sulfone groups is 1. The Morgan fingerprint density at radius 3 is 2.56 bits per heavy atom. The van der Waals surface area contributed by atoms with Crippen LogP contribution in [0.1, 0.15) is 19.3 Å². The van der Waals surface area contributed by atoms with Crippen LogP contribution in [0.2, 0.25) is 0 Å². The van der Waals surface area contributed by atoms with E-state index in [2.05, 4.69) is 4.90 Å². The van der Waals surface area contributed by atoms with E-state index in [9.17, 15) is 13.2 Å². The molecule has 2 rings (SSSR count). The van der Waals surface area contributed by atoms with Crippen LogP contribution in [0, 0.1) is 5.92 Å². The average Bonchev–Trinajstić information content (AvgIpc) is 2.69. The standard InChI is InChI=1S/C12H22N2O3S/c1-13(2)11-4-3-6-14(8-11)12(15)10-5-7-18(16,17)9-10/h10-11H,3-9H2,1-2H3. The van der Waals surface area contributed by atoms with E-state index >= 15 is 0 Å². The molecular weight excluding hydrogens is 252 g/mol. The lowest BCUT2D eigenvalue weighted by molar-refractivity contribution is -0.136. The van der Waals surface area contributed by atoms with Crippen molar-refractivity contribution in [1.82, 2.24) is 9.80 Å². The van der Waals surface area contributed by atoms with Crippen LogP contribution in [0.15, 0.2) is 0 Å². The molecule has 2 fully saturated rings. The molecule has 2 heterocycles. The lowest BCUT2D eigenvalue weighted by atomic mass is 10.0. The van der Waals surface area contributed by atoms with Crippen LogP contribution in [0.5, 0.6) is 0 Å². The van der Waals surface area contributed by atoms with Crippen LogP contribution in [0.25, 0.3) is 0 Å². The molecule has 2 atom stereocenters. The molecule has 2 aliphatic rings. The smallest absolute Gasteiger partial charge is 0.226 e. The number of piperidine rings is 1. The summed E-state index contributed by atoms with van der Waals surface area (Å²) in [6.07, 6.45) is 2.62. The Hall–Kier alpha value is -0.620. The summed E-state index contributed by atoms with van der Waals surface area (Å²) in [6.45, 7) is 1.52. The number of amides is 1. The number of nitrogens with zero attached hydrogens (tertiary/aromatic N) is 2. The summed E-state index contributed by atoms with van der Waals surface area (Å²) in [5, 5.41) is 0. The molecule has 5 nitrogen and oxygen atoms in total. The largest absolute Gasteiger partial charge is 0.341 e. The molecule has 0 spiro atoms. The van der Waals surface area contributed by atoms with Crippen molar-refractivity contribution in [2.24, 2.45) is 5.92 Å². The Morgan fingerprint density at radius 2 is 2.00 bits per heavy atom. The van der Waals surface area contributed by atoms with Gasteiger partial charge in [0.2, 0.25) is 5.91 Å². The highest BCUT2D eigenvalue weighted by Gasteiger charge is 2.36. The van der Waals surface area contributed by atoms with Crippen molar-refractivity contribution < 1.29 is 13.2 Å². The molecule has 0 aromatic heterocycles. The van der Waals surface area contributed by atoms with Gasteiger partial charge in [-0.05, 0) is 33.4 Å². The Balaban J connectivity index is 1.97. The van der Waals surface area contributed by atoms with Crippen LogP contribution in [-0.2, 0) is 14.6 Å². The molecule has 18 heavy (non-hydrogen) atoms. The first-order valence-electron chi connectivity index (χ1n) is 6.55. The molecule has 0 aromatic carbocycles. The minimum atomic E-state index is -2.97. The summed E-state index contributed by atoms with van der Waals surface area (Å²) < 4.78 is 22.8. The monoisotopic (exact) mass is 274 g/mol. The van der Waals surface area contributed by atoms with Crippen molar-refractivity contribution >= 4 is 15.7 Å². The normalized spacial score (nSPS) is 31.8. The van der Waals surface area contributed by atoms with Gasteiger partial charge in [-0.1, -0.05) is 0 Å². The fourth-order valence-corrected chi connectivity index (χ4v) is 4.56. The molecule has 2 aliphatic heterocycles. The quantitative estimate of drug-likeness (QED) is 0.710. The van der Waals surface area contributed by atoms with Crippen molar-refractivity contribution in [2.45, 2.75) is 25.3 Å². The molecule has 104 valence electrons. The number of likely N-dealkylation sites (N-methyl/N-ethyl adjacent to an activating group) is 1. The summed E-state index contributed by atoms with van der Waals surface area (Å²) in [4.78, 5) is 16.3. The van der Waals surface area contributed by atoms with Crippen molar-refractivity contribution in [3.63, 3.8) is 0 Å². The van der Waals surface area contributed by atoms with Gasteiger partial charge in [-0.2, -0.15) is 0 Å². The van der Waals surface area contributed by atoms with E-state index in [0.717, 1.165) is 25.9 Å². The van der Waals surface area contributed by atoms with Gasteiger partial charge in [0.05, 0.1) is 17.4 Å². The predicted octanol–water partition coefficient (Wildman–Crippen LogP) is -0.0263. The highest BCUT2D eigenvalue weighted by Crippen LogP contribution is 2.23. The number of carbonyl (C=O) groups is 1. The zero-order chi connectivity index (χ0) is 13.3. The van der Waals surface area contributed by atoms with Crippen molar-refractivity contribution in [1.29, 1.82) is 0 Å². The van der Waals surface area contributed by atoms with E-state index in [1.54, 1.807) is 0 Å². The molecule has 0 radical (unpaired) electrons. The third kappa shape index (κ3) is 3.03. The fourth-order valence-electron chi connectivity index (χ4n) is 2.82. The number of hydrogen-bond acceptors (Lipinski definition) is 4. The zero-order valence-electron chi connectivity index (χ0n) is 11.1. The van der Waals surface area contributed by atoms with Gasteiger partial charge in [0.15, 0.2) is 9.84 Å². The summed E-state index contributed by atoms with van der Waals surface area (Å²) in [7, 11) is 1.09. The van der Waals surface area contributed by atoms with E-state index in [0.29, 0.717) is 12.5 Å². The Morgan fingerprint density at radius 1 is 1.28 bits per heavy atom. The molecule has 2 saturated heterocycles. The fraction of sp³-hybridized carbons (Fsp3) is 0.917. The third-order valence-corrected chi connectivity index (χ3v) is 5.79. The topological polar surface area (TPSA) is 57.7 Å². The van der Waals surface area contributed by atoms with E-state index in [1.807, 2.05) is 19.0 Å². The average molecular weight is 274 g/mol. The Kier molecular flexibility index (Phi) is 3.96. The Bertz CT molecular complexity index is 419. The lowest BCUT2D eigenvalue weighted by Gasteiger charge is -2.37. The van der Waals surface area contributed by atoms with Gasteiger partial charge in [0.25, 0.3) is 0 Å². The first kappa shape index (κ1) is 13.8. The van der Waals surface area contributed by atoms with E-state index in [4.69, 9.17) is 0 Å².